The predicted molar refractivity (Wildman–Crippen MR) is 162 cm³/mol. The molecule has 0 heterocycles. The maximum absolute atomic E-state index is 14.4. The van der Waals surface area contributed by atoms with E-state index in [0.29, 0.717) is 5.56 Å². The Morgan fingerprint density at radius 3 is 1.58 bits per heavy atom. The molecule has 25 heteroatoms. The zero-order chi connectivity index (χ0) is 44.5. The second-order valence-electron chi connectivity index (χ2n) is 12.1. The van der Waals surface area contributed by atoms with Gasteiger partial charge in [-0.3, -0.25) is 4.79 Å². The van der Waals surface area contributed by atoms with Crippen molar-refractivity contribution in [3.8, 4) is 17.2 Å². The SMILES string of the molecule is COC(=O)[C@H](C)N(Cc1c(OC)cc(OCCCC(F)(F)C(F)(F)C(F)(F)C(F)(F)C(F)(F)C(F)(F)C(F)(F)C(F)(F)F)cc1OC)C(=O)c1ccc(C)cc1N. The summed E-state index contributed by atoms with van der Waals surface area (Å²) >= 11 is 0. The van der Waals surface area contributed by atoms with Gasteiger partial charge in [0, 0.05) is 24.2 Å². The first-order valence-corrected chi connectivity index (χ1v) is 15.5. The van der Waals surface area contributed by atoms with E-state index in [2.05, 4.69) is 0 Å². The lowest BCUT2D eigenvalue weighted by molar-refractivity contribution is -0.461. The summed E-state index contributed by atoms with van der Waals surface area (Å²) < 4.78 is 251. The molecule has 1 amide bonds. The zero-order valence-corrected chi connectivity index (χ0v) is 29.7. The van der Waals surface area contributed by atoms with Crippen molar-refractivity contribution in [3.63, 3.8) is 0 Å². The van der Waals surface area contributed by atoms with Gasteiger partial charge in [-0.25, -0.2) is 4.79 Å². The van der Waals surface area contributed by atoms with E-state index in [0.717, 1.165) is 38.4 Å². The minimum Gasteiger partial charge on any atom is -0.496 e. The molecule has 0 saturated heterocycles. The highest BCUT2D eigenvalue weighted by Gasteiger charge is 2.95. The summed E-state index contributed by atoms with van der Waals surface area (Å²) in [6, 6.07) is 5.00. The molecule has 0 aliphatic heterocycles. The van der Waals surface area contributed by atoms with Gasteiger partial charge in [0.05, 0.1) is 45.6 Å². The van der Waals surface area contributed by atoms with Crippen molar-refractivity contribution in [2.45, 2.75) is 86.9 Å². The number of carbonyl (C=O) groups is 2. The second kappa shape index (κ2) is 16.3. The van der Waals surface area contributed by atoms with Crippen molar-refractivity contribution in [2.75, 3.05) is 33.7 Å². The van der Waals surface area contributed by atoms with E-state index in [-0.39, 0.29) is 28.3 Å². The molecule has 324 valence electrons. The third kappa shape index (κ3) is 8.51. The van der Waals surface area contributed by atoms with Crippen LogP contribution < -0.4 is 19.9 Å². The molecule has 0 radical (unpaired) electrons. The van der Waals surface area contributed by atoms with E-state index in [1.54, 1.807) is 13.0 Å². The molecule has 0 bridgehead atoms. The molecule has 0 aliphatic rings. The van der Waals surface area contributed by atoms with Crippen molar-refractivity contribution in [2.24, 2.45) is 0 Å². The topological polar surface area (TPSA) is 100 Å². The van der Waals surface area contributed by atoms with Crippen molar-refractivity contribution in [1.82, 2.24) is 4.90 Å². The van der Waals surface area contributed by atoms with E-state index in [1.807, 2.05) is 0 Å². The van der Waals surface area contributed by atoms with Gasteiger partial charge in [-0.2, -0.15) is 74.6 Å². The van der Waals surface area contributed by atoms with Gasteiger partial charge in [0.25, 0.3) is 5.91 Å². The predicted octanol–water partition coefficient (Wildman–Crippen LogP) is 8.97. The van der Waals surface area contributed by atoms with E-state index in [4.69, 9.17) is 24.7 Å². The molecule has 0 spiro atoms. The molecule has 8 nitrogen and oxygen atoms in total. The fourth-order valence-corrected chi connectivity index (χ4v) is 4.92. The molecule has 0 aliphatic carbocycles. The van der Waals surface area contributed by atoms with Crippen molar-refractivity contribution < 1.29 is 103 Å². The highest BCUT2D eigenvalue weighted by atomic mass is 19.4. The highest BCUT2D eigenvalue weighted by Crippen LogP contribution is 2.64. The molecular formula is C32H31F17N2O6. The van der Waals surface area contributed by atoms with Crippen LogP contribution in [-0.4, -0.2) is 98.4 Å². The molecule has 2 aromatic carbocycles. The van der Waals surface area contributed by atoms with Crippen LogP contribution in [0.4, 0.5) is 80.3 Å². The van der Waals surface area contributed by atoms with Crippen molar-refractivity contribution in [3.05, 3.63) is 47.0 Å². The van der Waals surface area contributed by atoms with E-state index in [9.17, 15) is 84.2 Å². The van der Waals surface area contributed by atoms with E-state index in [1.165, 1.54) is 19.1 Å². The normalized spacial score (nSPS) is 14.2. The van der Waals surface area contributed by atoms with E-state index >= 15 is 0 Å². The number of alkyl halides is 17. The molecule has 2 rings (SSSR count). The number of hydrogen-bond donors (Lipinski definition) is 1. The lowest BCUT2D eigenvalue weighted by Gasteiger charge is -2.42. The zero-order valence-electron chi connectivity index (χ0n) is 29.7. The second-order valence-corrected chi connectivity index (χ2v) is 12.1. The van der Waals surface area contributed by atoms with Gasteiger partial charge < -0.3 is 29.6 Å². The maximum Gasteiger partial charge on any atom is 0.460 e. The average molecular weight is 863 g/mol. The summed E-state index contributed by atoms with van der Waals surface area (Å²) in [5.74, 6) is -59.6. The van der Waals surface area contributed by atoms with Crippen LogP contribution in [0.2, 0.25) is 0 Å². The van der Waals surface area contributed by atoms with Crippen LogP contribution in [0.25, 0.3) is 0 Å². The Kier molecular flexibility index (Phi) is 13.9. The number of nitrogens with zero attached hydrogens (tertiary/aromatic N) is 1. The Morgan fingerprint density at radius 2 is 1.16 bits per heavy atom. The van der Waals surface area contributed by atoms with Gasteiger partial charge in [-0.15, -0.1) is 0 Å². The fourth-order valence-electron chi connectivity index (χ4n) is 4.92. The molecule has 0 unspecified atom stereocenters. The number of ether oxygens (including phenoxy) is 4. The molecule has 2 N–H and O–H groups in total. The van der Waals surface area contributed by atoms with Crippen LogP contribution in [0.5, 0.6) is 17.2 Å². The number of benzene rings is 2. The molecule has 2 aromatic rings. The molecule has 0 aromatic heterocycles. The monoisotopic (exact) mass is 862 g/mol. The number of nitrogens with two attached hydrogens (primary N) is 1. The first-order valence-electron chi connectivity index (χ1n) is 15.5. The minimum absolute atomic E-state index is 0.00755. The number of hydrogen-bond acceptors (Lipinski definition) is 7. The highest BCUT2D eigenvalue weighted by molar-refractivity contribution is 6.01. The van der Waals surface area contributed by atoms with Crippen LogP contribution in [0, 0.1) is 6.92 Å². The Labute approximate surface area is 310 Å². The number of rotatable bonds is 18. The summed E-state index contributed by atoms with van der Waals surface area (Å²) in [6.45, 7) is 1.22. The van der Waals surface area contributed by atoms with Crippen LogP contribution in [0.3, 0.4) is 0 Å². The third-order valence-corrected chi connectivity index (χ3v) is 8.31. The molecule has 57 heavy (non-hydrogen) atoms. The molecular weight excluding hydrogens is 831 g/mol. The number of halogens is 17. The van der Waals surface area contributed by atoms with E-state index < -0.39 is 97.3 Å². The summed E-state index contributed by atoms with van der Waals surface area (Å²) in [6.07, 6.45) is -12.1. The average Bonchev–Trinajstić information content (AvgIpc) is 3.10. The summed E-state index contributed by atoms with van der Waals surface area (Å²) in [4.78, 5) is 27.1. The van der Waals surface area contributed by atoms with Crippen molar-refractivity contribution >= 4 is 17.6 Å². The van der Waals surface area contributed by atoms with Crippen LogP contribution >= 0.6 is 0 Å². The third-order valence-electron chi connectivity index (χ3n) is 8.31. The molecule has 0 saturated carbocycles. The first kappa shape index (κ1) is 48.5. The Morgan fingerprint density at radius 1 is 0.702 bits per heavy atom. The number of aryl methyl sites for hydroxylation is 1. The Hall–Kier alpha value is -4.61. The lowest BCUT2D eigenvalue weighted by atomic mass is 9.88. The number of methoxy groups -OCH3 is 3. The molecule has 1 atom stereocenters. The van der Waals surface area contributed by atoms with Gasteiger partial charge in [0.1, 0.15) is 23.3 Å². The maximum atomic E-state index is 14.4. The number of esters is 1. The fraction of sp³-hybridized carbons (Fsp3) is 0.562. The van der Waals surface area contributed by atoms with Crippen LogP contribution in [0.1, 0.15) is 41.3 Å². The lowest BCUT2D eigenvalue weighted by Crippen LogP contribution is -2.74. The van der Waals surface area contributed by atoms with Crippen LogP contribution in [0.15, 0.2) is 30.3 Å². The minimum atomic E-state index is -8.72. The standard InChI is InChI=1S/C32H31F17N2O6/c1-15-7-8-18(20(50)11-15)23(52)51(16(2)24(53)56-5)14-19-21(54-3)12-17(13-22(19)55-4)57-10-6-9-25(33,34)26(35,36)27(37,38)28(39,40)29(41,42)30(43,44)31(45,46)32(47,48)49/h7-8,11-13,16H,6,9-10,14,50H2,1-5H3/t16-/m0/s1. The van der Waals surface area contributed by atoms with Gasteiger partial charge >= 0.3 is 53.6 Å². The Balaban J connectivity index is 2.38. The first-order chi connectivity index (χ1) is 25.7. The number of anilines is 1. The summed E-state index contributed by atoms with van der Waals surface area (Å²) in [7, 11) is 3.13. The Bertz CT molecular complexity index is 1740. The smallest absolute Gasteiger partial charge is 0.460 e. The summed E-state index contributed by atoms with van der Waals surface area (Å²) in [5, 5.41) is 0. The largest absolute Gasteiger partial charge is 0.496 e. The number of nitrogen functional groups attached to an aromatic ring is 1. The number of carbonyl (C=O) groups excluding carboxylic acids is 2. The van der Waals surface area contributed by atoms with Gasteiger partial charge in [-0.05, 0) is 38.0 Å². The quantitative estimate of drug-likeness (QED) is 0.0692. The summed E-state index contributed by atoms with van der Waals surface area (Å²) in [5.41, 5.74) is 6.64. The number of amides is 1. The molecule has 0 fully saturated rings. The van der Waals surface area contributed by atoms with Crippen LogP contribution in [-0.2, 0) is 16.1 Å². The van der Waals surface area contributed by atoms with Gasteiger partial charge in [0.2, 0.25) is 0 Å². The van der Waals surface area contributed by atoms with Gasteiger partial charge in [0.15, 0.2) is 0 Å². The van der Waals surface area contributed by atoms with Gasteiger partial charge in [-0.1, -0.05) is 6.07 Å². The van der Waals surface area contributed by atoms with Crippen molar-refractivity contribution in [1.29, 1.82) is 0 Å².